The molecule has 2 rings (SSSR count). The molecule has 0 amide bonds. The molecular weight excluding hydrogens is 204 g/mol. The highest BCUT2D eigenvalue weighted by molar-refractivity contribution is 5.46. The Bertz CT molecular complexity index is 446. The summed E-state index contributed by atoms with van der Waals surface area (Å²) in [7, 11) is 0. The first-order chi connectivity index (χ1) is 8.35. The Labute approximate surface area is 104 Å². The smallest absolute Gasteiger partial charge is 0.0204 e. The summed E-state index contributed by atoms with van der Waals surface area (Å²) in [5.74, 6) is 0. The van der Waals surface area contributed by atoms with Gasteiger partial charge in [0.2, 0.25) is 0 Å². The largest absolute Gasteiger partial charge is 0.0622 e. The summed E-state index contributed by atoms with van der Waals surface area (Å²) in [6.07, 6.45) is 4.48. The van der Waals surface area contributed by atoms with E-state index in [0.717, 1.165) is 12.8 Å². The van der Waals surface area contributed by atoms with Crippen LogP contribution in [0.15, 0.2) is 48.5 Å². The van der Waals surface area contributed by atoms with E-state index >= 15 is 0 Å². The number of rotatable bonds is 4. The average Bonchev–Trinajstić information content (AvgIpc) is 2.40. The minimum Gasteiger partial charge on any atom is -0.0622 e. The first kappa shape index (κ1) is 11.9. The maximum Gasteiger partial charge on any atom is 0.0204 e. The van der Waals surface area contributed by atoms with Gasteiger partial charge in [-0.1, -0.05) is 62.4 Å². The molecule has 0 saturated heterocycles. The molecule has 0 fully saturated rings. The second-order valence-electron chi connectivity index (χ2n) is 4.25. The second-order valence-corrected chi connectivity index (χ2v) is 4.25. The lowest BCUT2D eigenvalue weighted by Gasteiger charge is -2.12. The van der Waals surface area contributed by atoms with Crippen molar-refractivity contribution < 1.29 is 0 Å². The molecule has 87 valence electrons. The molecule has 0 unspecified atom stereocenters. The number of hydrogen-bond donors (Lipinski definition) is 0. The van der Waals surface area contributed by atoms with Gasteiger partial charge in [0.1, 0.15) is 0 Å². The molecule has 2 aromatic rings. The lowest BCUT2D eigenvalue weighted by molar-refractivity contribution is 1.05. The molecule has 0 saturated carbocycles. The van der Waals surface area contributed by atoms with Crippen molar-refractivity contribution in [1.29, 1.82) is 0 Å². The van der Waals surface area contributed by atoms with Gasteiger partial charge in [0.25, 0.3) is 0 Å². The molecule has 0 N–H and O–H groups in total. The average molecular weight is 223 g/mol. The standard InChI is InChI=1S/C17H19/c1-3-15-11-8-12-16(4-2)17(15)13-14-9-6-5-7-10-14/h5-13H,3-4H2,1-2H3. The molecule has 0 heterocycles. The third-order valence-corrected chi connectivity index (χ3v) is 3.16. The fraction of sp³-hybridized carbons (Fsp3) is 0.235. The summed E-state index contributed by atoms with van der Waals surface area (Å²) < 4.78 is 0. The van der Waals surface area contributed by atoms with Gasteiger partial charge in [-0.2, -0.15) is 0 Å². The molecule has 1 radical (unpaired) electrons. The minimum absolute atomic E-state index is 1.09. The normalized spacial score (nSPS) is 10.5. The lowest BCUT2D eigenvalue weighted by Crippen LogP contribution is -1.98. The van der Waals surface area contributed by atoms with Crippen molar-refractivity contribution in [2.24, 2.45) is 0 Å². The van der Waals surface area contributed by atoms with Crippen molar-refractivity contribution in [2.75, 3.05) is 0 Å². The van der Waals surface area contributed by atoms with Gasteiger partial charge in [0, 0.05) is 6.42 Å². The van der Waals surface area contributed by atoms with Crippen molar-refractivity contribution in [3.63, 3.8) is 0 Å². The summed E-state index contributed by atoms with van der Waals surface area (Å²) in [4.78, 5) is 0. The van der Waals surface area contributed by atoms with Crippen LogP contribution in [0, 0.1) is 6.42 Å². The molecule has 0 aliphatic heterocycles. The Morgan fingerprint density at radius 1 is 0.765 bits per heavy atom. The predicted octanol–water partition coefficient (Wildman–Crippen LogP) is 4.41. The van der Waals surface area contributed by atoms with E-state index in [2.05, 4.69) is 68.8 Å². The molecule has 0 nitrogen and oxygen atoms in total. The molecule has 0 aromatic heterocycles. The topological polar surface area (TPSA) is 0 Å². The number of benzene rings is 2. The maximum absolute atomic E-state index is 2.30. The SMILES string of the molecule is CCc1cccc(CC)c1[CH]c1ccccc1. The molecule has 0 heteroatoms. The fourth-order valence-corrected chi connectivity index (χ4v) is 2.18. The van der Waals surface area contributed by atoms with Crippen LogP contribution >= 0.6 is 0 Å². The molecule has 2 aromatic carbocycles. The zero-order valence-corrected chi connectivity index (χ0v) is 10.6. The van der Waals surface area contributed by atoms with Crippen LogP contribution in [0.3, 0.4) is 0 Å². The number of hydrogen-bond acceptors (Lipinski definition) is 0. The van der Waals surface area contributed by atoms with Crippen molar-refractivity contribution in [2.45, 2.75) is 26.7 Å². The van der Waals surface area contributed by atoms with Gasteiger partial charge in [-0.3, -0.25) is 0 Å². The first-order valence-electron chi connectivity index (χ1n) is 6.35. The van der Waals surface area contributed by atoms with E-state index in [1.807, 2.05) is 0 Å². The quantitative estimate of drug-likeness (QED) is 0.720. The molecule has 0 atom stereocenters. The summed E-state index contributed by atoms with van der Waals surface area (Å²) in [6, 6.07) is 17.2. The molecule has 0 spiro atoms. The highest BCUT2D eigenvalue weighted by Crippen LogP contribution is 2.21. The Morgan fingerprint density at radius 3 is 1.88 bits per heavy atom. The molecule has 17 heavy (non-hydrogen) atoms. The summed E-state index contributed by atoms with van der Waals surface area (Å²) in [5, 5.41) is 0. The van der Waals surface area contributed by atoms with E-state index in [0.29, 0.717) is 0 Å². The van der Waals surface area contributed by atoms with Crippen LogP contribution in [0.4, 0.5) is 0 Å². The van der Waals surface area contributed by atoms with Crippen LogP contribution in [0.2, 0.25) is 0 Å². The van der Waals surface area contributed by atoms with Crippen LogP contribution in [0.1, 0.15) is 36.1 Å². The summed E-state index contributed by atoms with van der Waals surface area (Å²) in [5.41, 5.74) is 5.56. The van der Waals surface area contributed by atoms with Gasteiger partial charge < -0.3 is 0 Å². The molecular formula is C17H19. The highest BCUT2D eigenvalue weighted by atomic mass is 14.1. The van der Waals surface area contributed by atoms with Crippen molar-refractivity contribution in [3.8, 4) is 0 Å². The van der Waals surface area contributed by atoms with Crippen LogP contribution in [0.5, 0.6) is 0 Å². The van der Waals surface area contributed by atoms with E-state index in [9.17, 15) is 0 Å². The highest BCUT2D eigenvalue weighted by Gasteiger charge is 2.06. The van der Waals surface area contributed by atoms with E-state index in [1.165, 1.54) is 22.3 Å². The van der Waals surface area contributed by atoms with E-state index in [4.69, 9.17) is 0 Å². The Morgan fingerprint density at radius 2 is 1.35 bits per heavy atom. The molecule has 0 aliphatic rings. The number of aryl methyl sites for hydroxylation is 2. The lowest BCUT2D eigenvalue weighted by atomic mass is 9.92. The summed E-state index contributed by atoms with van der Waals surface area (Å²) >= 11 is 0. The van der Waals surface area contributed by atoms with Gasteiger partial charge in [-0.05, 0) is 35.1 Å². The van der Waals surface area contributed by atoms with Gasteiger partial charge in [-0.15, -0.1) is 0 Å². The molecule has 0 aliphatic carbocycles. The predicted molar refractivity (Wildman–Crippen MR) is 74.1 cm³/mol. The first-order valence-corrected chi connectivity index (χ1v) is 6.35. The zero-order chi connectivity index (χ0) is 12.1. The Kier molecular flexibility index (Phi) is 3.98. The van der Waals surface area contributed by atoms with Gasteiger partial charge in [0.05, 0.1) is 0 Å². The third kappa shape index (κ3) is 2.76. The monoisotopic (exact) mass is 223 g/mol. The van der Waals surface area contributed by atoms with Crippen LogP contribution in [-0.4, -0.2) is 0 Å². The van der Waals surface area contributed by atoms with Gasteiger partial charge in [0.15, 0.2) is 0 Å². The Hall–Kier alpha value is -1.56. The van der Waals surface area contributed by atoms with E-state index < -0.39 is 0 Å². The Balaban J connectivity index is 2.37. The molecule has 0 bridgehead atoms. The van der Waals surface area contributed by atoms with E-state index in [1.54, 1.807) is 0 Å². The van der Waals surface area contributed by atoms with Crippen molar-refractivity contribution in [3.05, 3.63) is 77.2 Å². The maximum atomic E-state index is 2.30. The van der Waals surface area contributed by atoms with Crippen LogP contribution in [-0.2, 0) is 12.8 Å². The fourth-order valence-electron chi connectivity index (χ4n) is 2.18. The van der Waals surface area contributed by atoms with Gasteiger partial charge in [-0.25, -0.2) is 0 Å². The van der Waals surface area contributed by atoms with Crippen LogP contribution < -0.4 is 0 Å². The zero-order valence-electron chi connectivity index (χ0n) is 10.6. The summed E-state index contributed by atoms with van der Waals surface area (Å²) in [6.45, 7) is 4.44. The van der Waals surface area contributed by atoms with Crippen LogP contribution in [0.25, 0.3) is 0 Å². The van der Waals surface area contributed by atoms with Crippen molar-refractivity contribution >= 4 is 0 Å². The van der Waals surface area contributed by atoms with E-state index in [-0.39, 0.29) is 0 Å². The third-order valence-electron chi connectivity index (χ3n) is 3.16. The van der Waals surface area contributed by atoms with Crippen molar-refractivity contribution in [1.82, 2.24) is 0 Å². The van der Waals surface area contributed by atoms with Gasteiger partial charge >= 0.3 is 0 Å². The second kappa shape index (κ2) is 5.67. The minimum atomic E-state index is 1.09.